The standard InChI is InChI=1S/C11H17N/c1-6-7-10(4)12-11(5)8-9(2)3/h6-8H,1H2,2-5H3/b10-7-,12-11-. The summed E-state index contributed by atoms with van der Waals surface area (Å²) in [5.74, 6) is 0. The first-order valence-electron chi connectivity index (χ1n) is 4.05. The molecule has 0 aromatic heterocycles. The summed E-state index contributed by atoms with van der Waals surface area (Å²) in [6, 6.07) is 0. The van der Waals surface area contributed by atoms with E-state index in [1.165, 1.54) is 5.57 Å². The highest BCUT2D eigenvalue weighted by molar-refractivity contribution is 5.93. The van der Waals surface area contributed by atoms with E-state index in [9.17, 15) is 0 Å². The minimum atomic E-state index is 0.986. The van der Waals surface area contributed by atoms with E-state index in [1.54, 1.807) is 6.08 Å². The van der Waals surface area contributed by atoms with Crippen LogP contribution in [-0.4, -0.2) is 5.71 Å². The first-order chi connectivity index (χ1) is 5.56. The number of nitrogens with zero attached hydrogens (tertiary/aromatic N) is 1. The largest absolute Gasteiger partial charge is 0.258 e. The molecule has 0 aliphatic heterocycles. The summed E-state index contributed by atoms with van der Waals surface area (Å²) < 4.78 is 0. The third-order valence-electron chi connectivity index (χ3n) is 1.21. The van der Waals surface area contributed by atoms with Crippen LogP contribution in [0.25, 0.3) is 0 Å². The molecule has 0 spiro atoms. The monoisotopic (exact) mass is 163 g/mol. The van der Waals surface area contributed by atoms with E-state index in [1.807, 2.05) is 19.9 Å². The van der Waals surface area contributed by atoms with E-state index in [0.717, 1.165) is 11.4 Å². The Kier molecular flexibility index (Phi) is 5.02. The number of rotatable bonds is 3. The van der Waals surface area contributed by atoms with Crippen molar-refractivity contribution in [2.45, 2.75) is 27.7 Å². The van der Waals surface area contributed by atoms with Gasteiger partial charge in [0, 0.05) is 11.4 Å². The summed E-state index contributed by atoms with van der Waals surface area (Å²) in [5.41, 5.74) is 3.29. The molecule has 0 aliphatic rings. The van der Waals surface area contributed by atoms with Crippen molar-refractivity contribution >= 4 is 5.71 Å². The van der Waals surface area contributed by atoms with Gasteiger partial charge in [-0.05, 0) is 39.8 Å². The van der Waals surface area contributed by atoms with Crippen molar-refractivity contribution in [3.05, 3.63) is 36.1 Å². The fourth-order valence-electron chi connectivity index (χ4n) is 0.936. The molecular formula is C11H17N. The van der Waals surface area contributed by atoms with Gasteiger partial charge in [-0.3, -0.25) is 4.99 Å². The molecule has 0 saturated heterocycles. The van der Waals surface area contributed by atoms with Crippen molar-refractivity contribution in [2.75, 3.05) is 0 Å². The SMILES string of the molecule is C=C/C=C(C)\N=C(\C)C=C(C)C. The van der Waals surface area contributed by atoms with Gasteiger partial charge >= 0.3 is 0 Å². The smallest absolute Gasteiger partial charge is 0.0375 e. The third kappa shape index (κ3) is 5.66. The van der Waals surface area contributed by atoms with Gasteiger partial charge < -0.3 is 0 Å². The highest BCUT2D eigenvalue weighted by Gasteiger charge is 1.85. The van der Waals surface area contributed by atoms with Gasteiger partial charge in [0.25, 0.3) is 0 Å². The minimum Gasteiger partial charge on any atom is -0.258 e. The van der Waals surface area contributed by atoms with Crippen molar-refractivity contribution < 1.29 is 0 Å². The zero-order valence-electron chi connectivity index (χ0n) is 8.39. The van der Waals surface area contributed by atoms with Crippen molar-refractivity contribution in [2.24, 2.45) is 4.99 Å². The Balaban J connectivity index is 4.46. The minimum absolute atomic E-state index is 0.986. The van der Waals surface area contributed by atoms with Crippen molar-refractivity contribution in [1.29, 1.82) is 0 Å². The maximum absolute atomic E-state index is 4.34. The van der Waals surface area contributed by atoms with Crippen LogP contribution in [0.3, 0.4) is 0 Å². The molecule has 66 valence electrons. The van der Waals surface area contributed by atoms with Crippen LogP contribution in [0.1, 0.15) is 27.7 Å². The molecule has 0 fully saturated rings. The van der Waals surface area contributed by atoms with Crippen LogP contribution in [-0.2, 0) is 0 Å². The summed E-state index contributed by atoms with van der Waals surface area (Å²) in [6.45, 7) is 11.7. The Morgan fingerprint density at radius 2 is 1.75 bits per heavy atom. The first kappa shape index (κ1) is 10.9. The van der Waals surface area contributed by atoms with E-state index < -0.39 is 0 Å². The highest BCUT2D eigenvalue weighted by atomic mass is 14.7. The topological polar surface area (TPSA) is 12.4 Å². The van der Waals surface area contributed by atoms with Crippen LogP contribution in [0, 0.1) is 0 Å². The summed E-state index contributed by atoms with van der Waals surface area (Å²) in [5, 5.41) is 0. The van der Waals surface area contributed by atoms with Crippen LogP contribution >= 0.6 is 0 Å². The zero-order valence-corrected chi connectivity index (χ0v) is 8.39. The average molecular weight is 163 g/mol. The Morgan fingerprint density at radius 1 is 1.17 bits per heavy atom. The molecule has 0 aliphatic carbocycles. The molecule has 1 nitrogen and oxygen atoms in total. The zero-order chi connectivity index (χ0) is 9.56. The normalized spacial score (nSPS) is 12.7. The van der Waals surface area contributed by atoms with Gasteiger partial charge in [0.15, 0.2) is 0 Å². The van der Waals surface area contributed by atoms with Crippen molar-refractivity contribution in [1.82, 2.24) is 0 Å². The van der Waals surface area contributed by atoms with Crippen LogP contribution in [0.5, 0.6) is 0 Å². The second-order valence-electron chi connectivity index (χ2n) is 3.02. The summed E-state index contributed by atoms with van der Waals surface area (Å²) >= 11 is 0. The maximum Gasteiger partial charge on any atom is 0.0375 e. The fraction of sp³-hybridized carbons (Fsp3) is 0.364. The third-order valence-corrected chi connectivity index (χ3v) is 1.21. The van der Waals surface area contributed by atoms with Gasteiger partial charge in [-0.2, -0.15) is 0 Å². The molecule has 1 heteroatoms. The van der Waals surface area contributed by atoms with Crippen LogP contribution in [0.4, 0.5) is 0 Å². The molecule has 0 unspecified atom stereocenters. The van der Waals surface area contributed by atoms with Gasteiger partial charge in [0.2, 0.25) is 0 Å². The molecule has 0 radical (unpaired) electrons. The van der Waals surface area contributed by atoms with E-state index in [-0.39, 0.29) is 0 Å². The summed E-state index contributed by atoms with van der Waals surface area (Å²) in [4.78, 5) is 4.34. The van der Waals surface area contributed by atoms with Crippen molar-refractivity contribution in [3.63, 3.8) is 0 Å². The van der Waals surface area contributed by atoms with E-state index in [4.69, 9.17) is 0 Å². The van der Waals surface area contributed by atoms with Crippen molar-refractivity contribution in [3.8, 4) is 0 Å². The number of hydrogen-bond donors (Lipinski definition) is 0. The lowest BCUT2D eigenvalue weighted by Gasteiger charge is -1.94. The van der Waals surface area contributed by atoms with Crippen LogP contribution in [0.15, 0.2) is 41.1 Å². The molecular weight excluding hydrogens is 146 g/mol. The molecule has 0 aromatic rings. The molecule has 0 rings (SSSR count). The van der Waals surface area contributed by atoms with Gasteiger partial charge in [-0.1, -0.05) is 18.2 Å². The Labute approximate surface area is 75.2 Å². The lowest BCUT2D eigenvalue weighted by Crippen LogP contribution is -1.86. The Morgan fingerprint density at radius 3 is 2.17 bits per heavy atom. The molecule has 12 heavy (non-hydrogen) atoms. The predicted octanol–water partition coefficient (Wildman–Crippen LogP) is 3.50. The van der Waals surface area contributed by atoms with E-state index in [0.29, 0.717) is 0 Å². The molecule has 0 aromatic carbocycles. The van der Waals surface area contributed by atoms with Gasteiger partial charge in [0.1, 0.15) is 0 Å². The lowest BCUT2D eigenvalue weighted by atomic mass is 10.2. The highest BCUT2D eigenvalue weighted by Crippen LogP contribution is 1.98. The average Bonchev–Trinajstić information content (AvgIpc) is 1.84. The maximum atomic E-state index is 4.34. The molecule has 0 atom stereocenters. The Hall–Kier alpha value is -1.11. The van der Waals surface area contributed by atoms with E-state index in [2.05, 4.69) is 31.5 Å². The number of aliphatic imine (C=N–C) groups is 1. The van der Waals surface area contributed by atoms with Gasteiger partial charge in [-0.25, -0.2) is 0 Å². The first-order valence-corrected chi connectivity index (χ1v) is 4.05. The number of allylic oxidation sites excluding steroid dienone is 5. The summed E-state index contributed by atoms with van der Waals surface area (Å²) in [7, 11) is 0. The second kappa shape index (κ2) is 5.53. The molecule has 0 heterocycles. The quantitative estimate of drug-likeness (QED) is 0.446. The number of hydrogen-bond acceptors (Lipinski definition) is 1. The summed E-state index contributed by atoms with van der Waals surface area (Å²) in [6.07, 6.45) is 5.69. The Bertz CT molecular complexity index is 238. The molecule has 0 amide bonds. The second-order valence-corrected chi connectivity index (χ2v) is 3.02. The van der Waals surface area contributed by atoms with Crippen LogP contribution in [0.2, 0.25) is 0 Å². The van der Waals surface area contributed by atoms with E-state index >= 15 is 0 Å². The molecule has 0 N–H and O–H groups in total. The molecule has 0 saturated carbocycles. The molecule has 0 bridgehead atoms. The van der Waals surface area contributed by atoms with Gasteiger partial charge in [0.05, 0.1) is 0 Å². The lowest BCUT2D eigenvalue weighted by molar-refractivity contribution is 1.29. The predicted molar refractivity (Wildman–Crippen MR) is 56.5 cm³/mol. The van der Waals surface area contributed by atoms with Crippen LogP contribution < -0.4 is 0 Å². The fourth-order valence-corrected chi connectivity index (χ4v) is 0.936. The van der Waals surface area contributed by atoms with Gasteiger partial charge in [-0.15, -0.1) is 0 Å².